The lowest BCUT2D eigenvalue weighted by atomic mass is 10.1. The summed E-state index contributed by atoms with van der Waals surface area (Å²) in [6.45, 7) is 7.15. The van der Waals surface area contributed by atoms with Crippen molar-refractivity contribution in [2.45, 2.75) is 33.7 Å². The van der Waals surface area contributed by atoms with Crippen molar-refractivity contribution in [3.05, 3.63) is 27.1 Å². The van der Waals surface area contributed by atoms with E-state index in [1.165, 1.54) is 11.3 Å². The number of aryl methyl sites for hydroxylation is 2. The summed E-state index contributed by atoms with van der Waals surface area (Å²) in [6.07, 6.45) is 2.46. The van der Waals surface area contributed by atoms with Crippen molar-refractivity contribution in [1.29, 1.82) is 0 Å². The van der Waals surface area contributed by atoms with E-state index in [1.54, 1.807) is 24.9 Å². The molecule has 2 aromatic rings. The van der Waals surface area contributed by atoms with Crippen LogP contribution in [0.4, 0.5) is 0 Å². The average molecular weight is 338 g/mol. The molecule has 0 atom stereocenters. The van der Waals surface area contributed by atoms with Gasteiger partial charge in [0.25, 0.3) is 5.56 Å². The van der Waals surface area contributed by atoms with Crippen molar-refractivity contribution in [3.8, 4) is 0 Å². The zero-order valence-corrected chi connectivity index (χ0v) is 14.7. The van der Waals surface area contributed by atoms with E-state index in [0.717, 1.165) is 6.42 Å². The van der Waals surface area contributed by atoms with Crippen LogP contribution in [0, 0.1) is 12.8 Å². The standard InChI is InChI=1S/C16H22N2O4S/c1-10(2)5-6-18-9-17-14-12(15(18)19)11(3)13(23-14)16(20)22-8-7-21-4/h9-10H,5-8H2,1-4H3. The third-order valence-electron chi connectivity index (χ3n) is 3.57. The summed E-state index contributed by atoms with van der Waals surface area (Å²) in [5, 5.41) is 0.514. The van der Waals surface area contributed by atoms with Gasteiger partial charge >= 0.3 is 5.97 Å². The molecular weight excluding hydrogens is 316 g/mol. The van der Waals surface area contributed by atoms with Crippen LogP contribution < -0.4 is 5.56 Å². The van der Waals surface area contributed by atoms with Gasteiger partial charge in [0.1, 0.15) is 16.3 Å². The molecule has 23 heavy (non-hydrogen) atoms. The third-order valence-corrected chi connectivity index (χ3v) is 4.75. The number of aromatic nitrogens is 2. The maximum atomic E-state index is 12.6. The Morgan fingerprint density at radius 2 is 2.13 bits per heavy atom. The number of hydrogen-bond acceptors (Lipinski definition) is 6. The summed E-state index contributed by atoms with van der Waals surface area (Å²) < 4.78 is 11.6. The quantitative estimate of drug-likeness (QED) is 0.573. The second-order valence-electron chi connectivity index (χ2n) is 5.79. The van der Waals surface area contributed by atoms with Gasteiger partial charge in [0.15, 0.2) is 0 Å². The topological polar surface area (TPSA) is 70.4 Å². The number of rotatable bonds is 7. The monoisotopic (exact) mass is 338 g/mol. The molecule has 0 aliphatic heterocycles. The second kappa shape index (κ2) is 7.70. The number of carbonyl (C=O) groups excluding carboxylic acids is 1. The summed E-state index contributed by atoms with van der Waals surface area (Å²) in [7, 11) is 1.54. The van der Waals surface area contributed by atoms with Gasteiger partial charge in [-0.25, -0.2) is 9.78 Å². The Balaban J connectivity index is 2.33. The molecule has 0 bridgehead atoms. The summed E-state index contributed by atoms with van der Waals surface area (Å²) in [6, 6.07) is 0. The van der Waals surface area contributed by atoms with Crippen molar-refractivity contribution < 1.29 is 14.3 Å². The summed E-state index contributed by atoms with van der Waals surface area (Å²) in [5.74, 6) is 0.0724. The maximum Gasteiger partial charge on any atom is 0.348 e. The molecule has 0 fully saturated rings. The summed E-state index contributed by atoms with van der Waals surface area (Å²) in [5.41, 5.74) is 0.546. The minimum Gasteiger partial charge on any atom is -0.459 e. The molecule has 2 heterocycles. The minimum atomic E-state index is -0.435. The number of carbonyl (C=O) groups is 1. The molecule has 126 valence electrons. The number of thiophene rings is 1. The van der Waals surface area contributed by atoms with E-state index in [9.17, 15) is 9.59 Å². The molecule has 0 amide bonds. The minimum absolute atomic E-state index is 0.0969. The lowest BCUT2D eigenvalue weighted by Crippen LogP contribution is -2.21. The number of hydrogen-bond donors (Lipinski definition) is 0. The highest BCUT2D eigenvalue weighted by atomic mass is 32.1. The molecule has 0 unspecified atom stereocenters. The van der Waals surface area contributed by atoms with Crippen LogP contribution in [0.3, 0.4) is 0 Å². The van der Waals surface area contributed by atoms with Gasteiger partial charge in [-0.15, -0.1) is 11.3 Å². The molecule has 7 heteroatoms. The Kier molecular flexibility index (Phi) is 5.90. The first-order valence-corrected chi connectivity index (χ1v) is 8.42. The molecular formula is C16H22N2O4S. The molecule has 0 saturated carbocycles. The van der Waals surface area contributed by atoms with E-state index in [1.807, 2.05) is 0 Å². The highest BCUT2D eigenvalue weighted by molar-refractivity contribution is 7.20. The van der Waals surface area contributed by atoms with E-state index in [-0.39, 0.29) is 12.2 Å². The first kappa shape index (κ1) is 17.6. The smallest absolute Gasteiger partial charge is 0.348 e. The van der Waals surface area contributed by atoms with E-state index < -0.39 is 5.97 Å². The molecule has 0 radical (unpaired) electrons. The number of fused-ring (bicyclic) bond motifs is 1. The van der Waals surface area contributed by atoms with Crippen molar-refractivity contribution in [1.82, 2.24) is 9.55 Å². The molecule has 0 saturated heterocycles. The van der Waals surface area contributed by atoms with Crippen LogP contribution in [0.2, 0.25) is 0 Å². The molecule has 0 N–H and O–H groups in total. The first-order chi connectivity index (χ1) is 11.0. The van der Waals surface area contributed by atoms with E-state index in [2.05, 4.69) is 18.8 Å². The lowest BCUT2D eigenvalue weighted by Gasteiger charge is -2.07. The maximum absolute atomic E-state index is 12.6. The van der Waals surface area contributed by atoms with Crippen molar-refractivity contribution in [3.63, 3.8) is 0 Å². The predicted octanol–water partition coefficient (Wildman–Crippen LogP) is 2.62. The zero-order valence-electron chi connectivity index (χ0n) is 13.9. The molecule has 0 aliphatic carbocycles. The zero-order chi connectivity index (χ0) is 17.0. The Bertz CT molecular complexity index is 748. The number of methoxy groups -OCH3 is 1. The fraction of sp³-hybridized carbons (Fsp3) is 0.562. The van der Waals surface area contributed by atoms with E-state index >= 15 is 0 Å². The van der Waals surface area contributed by atoms with Crippen LogP contribution in [0.15, 0.2) is 11.1 Å². The Morgan fingerprint density at radius 1 is 1.39 bits per heavy atom. The van der Waals surface area contributed by atoms with Gasteiger partial charge in [0.2, 0.25) is 0 Å². The van der Waals surface area contributed by atoms with Crippen molar-refractivity contribution in [2.24, 2.45) is 5.92 Å². The normalized spacial score (nSPS) is 11.3. The molecule has 2 aromatic heterocycles. The van der Waals surface area contributed by atoms with Gasteiger partial charge in [0.05, 0.1) is 18.3 Å². The summed E-state index contributed by atoms with van der Waals surface area (Å²) >= 11 is 1.20. The van der Waals surface area contributed by atoms with Crippen LogP contribution in [0.1, 0.15) is 35.5 Å². The Morgan fingerprint density at radius 3 is 2.78 bits per heavy atom. The Hall–Kier alpha value is -1.73. The number of nitrogens with zero attached hydrogens (tertiary/aromatic N) is 2. The highest BCUT2D eigenvalue weighted by Gasteiger charge is 2.20. The van der Waals surface area contributed by atoms with Crippen LogP contribution in [-0.2, 0) is 16.0 Å². The molecule has 0 aromatic carbocycles. The summed E-state index contributed by atoms with van der Waals surface area (Å²) in [4.78, 5) is 30.1. The van der Waals surface area contributed by atoms with Crippen molar-refractivity contribution in [2.75, 3.05) is 20.3 Å². The van der Waals surface area contributed by atoms with E-state index in [0.29, 0.717) is 39.7 Å². The number of esters is 1. The molecule has 0 spiro atoms. The Labute approximate surface area is 139 Å². The second-order valence-corrected chi connectivity index (χ2v) is 6.79. The van der Waals surface area contributed by atoms with Gasteiger partial charge in [-0.2, -0.15) is 0 Å². The van der Waals surface area contributed by atoms with Gasteiger partial charge in [-0.1, -0.05) is 13.8 Å². The fourth-order valence-electron chi connectivity index (χ4n) is 2.19. The van der Waals surface area contributed by atoms with Crippen LogP contribution in [0.25, 0.3) is 10.2 Å². The van der Waals surface area contributed by atoms with Gasteiger partial charge in [-0.05, 0) is 24.8 Å². The van der Waals surface area contributed by atoms with Crippen LogP contribution in [-0.4, -0.2) is 35.8 Å². The highest BCUT2D eigenvalue weighted by Crippen LogP contribution is 2.27. The first-order valence-electron chi connectivity index (χ1n) is 7.60. The fourth-order valence-corrected chi connectivity index (χ4v) is 3.23. The molecule has 2 rings (SSSR count). The van der Waals surface area contributed by atoms with Crippen LogP contribution in [0.5, 0.6) is 0 Å². The molecule has 6 nitrogen and oxygen atoms in total. The largest absolute Gasteiger partial charge is 0.459 e. The average Bonchev–Trinajstić information content (AvgIpc) is 2.84. The van der Waals surface area contributed by atoms with Gasteiger partial charge in [-0.3, -0.25) is 9.36 Å². The third kappa shape index (κ3) is 3.97. The van der Waals surface area contributed by atoms with Crippen molar-refractivity contribution >= 4 is 27.5 Å². The predicted molar refractivity (Wildman–Crippen MR) is 90.2 cm³/mol. The number of ether oxygens (including phenoxy) is 2. The SMILES string of the molecule is COCCOC(=O)c1sc2ncn(CCC(C)C)c(=O)c2c1C. The van der Waals surface area contributed by atoms with Crippen LogP contribution >= 0.6 is 11.3 Å². The lowest BCUT2D eigenvalue weighted by molar-refractivity contribution is 0.0393. The molecule has 0 aliphatic rings. The van der Waals surface area contributed by atoms with Gasteiger partial charge < -0.3 is 9.47 Å². The van der Waals surface area contributed by atoms with E-state index in [4.69, 9.17) is 9.47 Å². The van der Waals surface area contributed by atoms with Gasteiger partial charge in [0, 0.05) is 13.7 Å².